The zero-order valence-electron chi connectivity index (χ0n) is 11.9. The van der Waals surface area contributed by atoms with E-state index in [2.05, 4.69) is 15.6 Å². The smallest absolute Gasteiger partial charge is 0.416 e. The molecule has 0 aromatic carbocycles. The summed E-state index contributed by atoms with van der Waals surface area (Å²) in [5.41, 5.74) is -0.783. The van der Waals surface area contributed by atoms with E-state index in [0.29, 0.717) is 19.6 Å². The Bertz CT molecular complexity index is 478. The van der Waals surface area contributed by atoms with E-state index in [9.17, 15) is 18.0 Å². The van der Waals surface area contributed by atoms with Gasteiger partial charge in [-0.2, -0.15) is 13.2 Å². The van der Waals surface area contributed by atoms with Crippen LogP contribution in [0, 0.1) is 0 Å². The molecule has 0 unspecified atom stereocenters. The van der Waals surface area contributed by atoms with Crippen LogP contribution in [0.2, 0.25) is 0 Å². The third-order valence-electron chi connectivity index (χ3n) is 2.58. The summed E-state index contributed by atoms with van der Waals surface area (Å²) in [6.07, 6.45) is -3.78. The van der Waals surface area contributed by atoms with Crippen LogP contribution in [0.5, 0.6) is 0 Å². The second-order valence-electron chi connectivity index (χ2n) is 4.21. The summed E-state index contributed by atoms with van der Waals surface area (Å²) in [5, 5.41) is 5.35. The Morgan fingerprint density at radius 1 is 1.33 bits per heavy atom. The van der Waals surface area contributed by atoms with Gasteiger partial charge in [0.05, 0.1) is 12.2 Å². The highest BCUT2D eigenvalue weighted by molar-refractivity contribution is 5.69. The molecule has 21 heavy (non-hydrogen) atoms. The van der Waals surface area contributed by atoms with Crippen LogP contribution in [0.15, 0.2) is 12.1 Å². The molecule has 0 saturated carbocycles. The lowest BCUT2D eigenvalue weighted by Gasteiger charge is -2.12. The van der Waals surface area contributed by atoms with Gasteiger partial charge in [0, 0.05) is 20.0 Å². The van der Waals surface area contributed by atoms with E-state index in [0.717, 1.165) is 12.1 Å². The second kappa shape index (κ2) is 7.70. The number of hydrogen-bond donors (Lipinski definition) is 2. The molecule has 0 aliphatic heterocycles. The molecule has 0 amide bonds. The van der Waals surface area contributed by atoms with Gasteiger partial charge < -0.3 is 15.4 Å². The highest BCUT2D eigenvalue weighted by atomic mass is 19.4. The predicted molar refractivity (Wildman–Crippen MR) is 73.1 cm³/mol. The molecule has 0 saturated heterocycles. The van der Waals surface area contributed by atoms with Crippen LogP contribution in [0.4, 0.5) is 24.8 Å². The number of ether oxygens (including phenoxy) is 1. The first-order chi connectivity index (χ1) is 9.86. The van der Waals surface area contributed by atoms with E-state index in [1.54, 1.807) is 6.92 Å². The van der Waals surface area contributed by atoms with E-state index >= 15 is 0 Å². The highest BCUT2D eigenvalue weighted by Gasteiger charge is 2.31. The van der Waals surface area contributed by atoms with Crippen LogP contribution in [0.1, 0.15) is 25.3 Å². The third-order valence-corrected chi connectivity index (χ3v) is 2.58. The number of aromatic nitrogens is 1. The normalized spacial score (nSPS) is 11.1. The molecule has 5 nitrogen and oxygen atoms in total. The summed E-state index contributed by atoms with van der Waals surface area (Å²) in [7, 11) is 1.49. The van der Waals surface area contributed by atoms with E-state index < -0.39 is 11.7 Å². The Morgan fingerprint density at radius 2 is 2.00 bits per heavy atom. The summed E-state index contributed by atoms with van der Waals surface area (Å²) in [6, 6.07) is 1.87. The SMILES string of the molecule is CCOC(=O)CCCNc1cc(C(F)(F)F)cc(NC)n1. The van der Waals surface area contributed by atoms with Crippen molar-refractivity contribution in [2.75, 3.05) is 30.8 Å². The number of hydrogen-bond acceptors (Lipinski definition) is 5. The Kier molecular flexibility index (Phi) is 6.26. The summed E-state index contributed by atoms with van der Waals surface area (Å²) in [5.74, 6) is -0.0945. The lowest BCUT2D eigenvalue weighted by molar-refractivity contribution is -0.143. The van der Waals surface area contributed by atoms with Crippen molar-refractivity contribution < 1.29 is 22.7 Å². The van der Waals surface area contributed by atoms with E-state index in [4.69, 9.17) is 4.74 Å². The van der Waals surface area contributed by atoms with Crippen molar-refractivity contribution in [1.82, 2.24) is 4.98 Å². The fraction of sp³-hybridized carbons (Fsp3) is 0.538. The number of esters is 1. The average molecular weight is 305 g/mol. The monoisotopic (exact) mass is 305 g/mol. The topological polar surface area (TPSA) is 63.2 Å². The molecular formula is C13H18F3N3O2. The number of anilines is 2. The van der Waals surface area contributed by atoms with Crippen molar-refractivity contribution >= 4 is 17.6 Å². The maximum absolute atomic E-state index is 12.7. The van der Waals surface area contributed by atoms with Crippen LogP contribution in [-0.2, 0) is 15.7 Å². The molecule has 0 aliphatic carbocycles. The number of carbonyl (C=O) groups is 1. The minimum Gasteiger partial charge on any atom is -0.466 e. The van der Waals surface area contributed by atoms with Crippen molar-refractivity contribution in [3.05, 3.63) is 17.7 Å². The average Bonchev–Trinajstić information content (AvgIpc) is 2.42. The molecule has 0 fully saturated rings. The largest absolute Gasteiger partial charge is 0.466 e. The zero-order valence-corrected chi connectivity index (χ0v) is 11.9. The van der Waals surface area contributed by atoms with Crippen molar-refractivity contribution in [2.24, 2.45) is 0 Å². The molecule has 1 heterocycles. The summed E-state index contributed by atoms with van der Waals surface area (Å²) in [6.45, 7) is 2.35. The molecule has 1 aromatic rings. The van der Waals surface area contributed by atoms with E-state index in [1.807, 2.05) is 0 Å². The Balaban J connectivity index is 2.60. The van der Waals surface area contributed by atoms with Crippen molar-refractivity contribution in [3.63, 3.8) is 0 Å². The number of nitrogens with zero attached hydrogens (tertiary/aromatic N) is 1. The Morgan fingerprint density at radius 3 is 2.57 bits per heavy atom. The number of carbonyl (C=O) groups excluding carboxylic acids is 1. The predicted octanol–water partition coefficient (Wildman–Crippen LogP) is 2.90. The molecular weight excluding hydrogens is 287 g/mol. The van der Waals surface area contributed by atoms with Gasteiger partial charge in [-0.1, -0.05) is 0 Å². The fourth-order valence-corrected chi connectivity index (χ4v) is 1.60. The first-order valence-corrected chi connectivity index (χ1v) is 6.53. The Labute approximate surface area is 120 Å². The molecule has 118 valence electrons. The number of alkyl halides is 3. The molecule has 8 heteroatoms. The van der Waals surface area contributed by atoms with Gasteiger partial charge in [0.1, 0.15) is 11.6 Å². The number of halogens is 3. The minimum absolute atomic E-state index is 0.109. The van der Waals surface area contributed by atoms with Crippen molar-refractivity contribution in [1.29, 1.82) is 0 Å². The van der Waals surface area contributed by atoms with Crippen LogP contribution < -0.4 is 10.6 Å². The maximum atomic E-state index is 12.7. The summed E-state index contributed by atoms with van der Waals surface area (Å²) >= 11 is 0. The highest BCUT2D eigenvalue weighted by Crippen LogP contribution is 2.31. The minimum atomic E-state index is -4.43. The number of nitrogens with one attached hydrogen (secondary N) is 2. The van der Waals surface area contributed by atoms with E-state index in [-0.39, 0.29) is 24.0 Å². The summed E-state index contributed by atoms with van der Waals surface area (Å²) < 4.78 is 42.9. The first kappa shape index (κ1) is 17.1. The van der Waals surface area contributed by atoms with Gasteiger partial charge in [-0.15, -0.1) is 0 Å². The number of rotatable bonds is 7. The van der Waals surface area contributed by atoms with Gasteiger partial charge in [-0.05, 0) is 25.5 Å². The second-order valence-corrected chi connectivity index (χ2v) is 4.21. The third kappa shape index (κ3) is 5.88. The molecule has 0 radical (unpaired) electrons. The molecule has 0 aliphatic rings. The molecule has 0 atom stereocenters. The number of pyridine rings is 1. The van der Waals surface area contributed by atoms with Crippen LogP contribution in [0.3, 0.4) is 0 Å². The van der Waals surface area contributed by atoms with E-state index in [1.165, 1.54) is 7.05 Å². The lowest BCUT2D eigenvalue weighted by atomic mass is 10.2. The van der Waals surface area contributed by atoms with Gasteiger partial charge >= 0.3 is 12.1 Å². The van der Waals surface area contributed by atoms with Crippen LogP contribution >= 0.6 is 0 Å². The van der Waals surface area contributed by atoms with Gasteiger partial charge in [-0.25, -0.2) is 4.98 Å². The quantitative estimate of drug-likeness (QED) is 0.599. The standard InChI is InChI=1S/C13H18F3N3O2/c1-3-21-12(20)5-4-6-18-11-8-9(13(14,15)16)7-10(17-2)19-11/h7-8H,3-6H2,1-2H3,(H2,17,18,19). The van der Waals surface area contributed by atoms with Gasteiger partial charge in [0.2, 0.25) is 0 Å². The van der Waals surface area contributed by atoms with Gasteiger partial charge in [-0.3, -0.25) is 4.79 Å². The van der Waals surface area contributed by atoms with Crippen molar-refractivity contribution in [2.45, 2.75) is 25.9 Å². The molecule has 0 bridgehead atoms. The molecule has 0 spiro atoms. The molecule has 1 rings (SSSR count). The van der Waals surface area contributed by atoms with Gasteiger partial charge in [0.15, 0.2) is 0 Å². The Hall–Kier alpha value is -1.99. The lowest BCUT2D eigenvalue weighted by Crippen LogP contribution is -2.12. The molecule has 1 aromatic heterocycles. The maximum Gasteiger partial charge on any atom is 0.416 e. The first-order valence-electron chi connectivity index (χ1n) is 6.53. The molecule has 2 N–H and O–H groups in total. The van der Waals surface area contributed by atoms with Crippen LogP contribution in [0.25, 0.3) is 0 Å². The fourth-order valence-electron chi connectivity index (χ4n) is 1.60. The van der Waals surface area contributed by atoms with Crippen LogP contribution in [-0.4, -0.2) is 31.2 Å². The summed E-state index contributed by atoms with van der Waals surface area (Å²) in [4.78, 5) is 15.1. The van der Waals surface area contributed by atoms with Crippen molar-refractivity contribution in [3.8, 4) is 0 Å². The van der Waals surface area contributed by atoms with Gasteiger partial charge in [0.25, 0.3) is 0 Å². The zero-order chi connectivity index (χ0) is 15.9.